The van der Waals surface area contributed by atoms with Crippen LogP contribution < -0.4 is 16.0 Å². The Kier molecular flexibility index (Phi) is 4.23. The Bertz CT molecular complexity index is 542. The van der Waals surface area contributed by atoms with Crippen LogP contribution in [0, 0.1) is 0 Å². The summed E-state index contributed by atoms with van der Waals surface area (Å²) in [7, 11) is 1.52. The van der Waals surface area contributed by atoms with Gasteiger partial charge in [0.25, 0.3) is 5.91 Å². The summed E-state index contributed by atoms with van der Waals surface area (Å²) in [5.74, 6) is -5.19. The van der Waals surface area contributed by atoms with Crippen molar-refractivity contribution in [1.29, 1.82) is 0 Å². The van der Waals surface area contributed by atoms with Gasteiger partial charge in [-0.25, -0.2) is 0 Å². The number of hydrogen-bond acceptors (Lipinski definition) is 4. The SMILES string of the molecule is COC1(C)C=C(C2NC(=O)C[C@@H]2NC(=O)C(C)(F)F)C=CN1. The van der Waals surface area contributed by atoms with E-state index in [1.807, 2.05) is 0 Å². The Morgan fingerprint density at radius 2 is 2.23 bits per heavy atom. The van der Waals surface area contributed by atoms with Crippen LogP contribution in [0.5, 0.6) is 0 Å². The number of nitrogens with one attached hydrogen (secondary N) is 3. The molecule has 0 aromatic carbocycles. The van der Waals surface area contributed by atoms with E-state index in [2.05, 4.69) is 16.0 Å². The molecule has 2 heterocycles. The molecule has 2 unspecified atom stereocenters. The van der Waals surface area contributed by atoms with Crippen molar-refractivity contribution in [2.75, 3.05) is 7.11 Å². The van der Waals surface area contributed by atoms with E-state index in [0.717, 1.165) is 0 Å². The van der Waals surface area contributed by atoms with Crippen molar-refractivity contribution in [2.45, 2.75) is 44.0 Å². The molecule has 8 heteroatoms. The molecule has 122 valence electrons. The third kappa shape index (κ3) is 3.44. The van der Waals surface area contributed by atoms with E-state index in [-0.39, 0.29) is 12.3 Å². The van der Waals surface area contributed by atoms with Crippen LogP contribution in [0.1, 0.15) is 20.3 Å². The summed E-state index contributed by atoms with van der Waals surface area (Å²) >= 11 is 0. The number of ether oxygens (including phenoxy) is 1. The van der Waals surface area contributed by atoms with E-state index in [9.17, 15) is 18.4 Å². The summed E-state index contributed by atoms with van der Waals surface area (Å²) in [6.45, 7) is 2.30. The van der Waals surface area contributed by atoms with E-state index >= 15 is 0 Å². The minimum absolute atomic E-state index is 0.0468. The van der Waals surface area contributed by atoms with E-state index in [1.54, 1.807) is 25.3 Å². The highest BCUT2D eigenvalue weighted by molar-refractivity contribution is 5.86. The molecule has 1 saturated heterocycles. The molecule has 2 rings (SSSR count). The maximum Gasteiger partial charge on any atom is 0.321 e. The molecular weight excluding hydrogens is 296 g/mol. The second-order valence-electron chi connectivity index (χ2n) is 5.65. The van der Waals surface area contributed by atoms with Crippen LogP contribution in [0.25, 0.3) is 0 Å². The smallest absolute Gasteiger partial charge is 0.321 e. The third-order valence-corrected chi connectivity index (χ3v) is 3.71. The molecule has 6 nitrogen and oxygen atoms in total. The molecular formula is C14H19F2N3O3. The number of halogens is 2. The first kappa shape index (κ1) is 16.4. The average molecular weight is 315 g/mol. The molecule has 3 atom stereocenters. The van der Waals surface area contributed by atoms with Gasteiger partial charge in [0, 0.05) is 20.5 Å². The van der Waals surface area contributed by atoms with E-state index in [0.29, 0.717) is 12.5 Å². The highest BCUT2D eigenvalue weighted by Crippen LogP contribution is 2.24. The normalized spacial score (nSPS) is 31.3. The lowest BCUT2D eigenvalue weighted by Crippen LogP contribution is -2.50. The van der Waals surface area contributed by atoms with Crippen LogP contribution in [0.2, 0.25) is 0 Å². The van der Waals surface area contributed by atoms with Crippen molar-refractivity contribution in [3.63, 3.8) is 0 Å². The largest absolute Gasteiger partial charge is 0.361 e. The summed E-state index contributed by atoms with van der Waals surface area (Å²) < 4.78 is 31.4. The van der Waals surface area contributed by atoms with Gasteiger partial charge >= 0.3 is 5.92 Å². The zero-order chi connectivity index (χ0) is 16.5. The Balaban J connectivity index is 2.20. The number of rotatable bonds is 4. The quantitative estimate of drug-likeness (QED) is 0.702. The molecule has 0 radical (unpaired) electrons. The molecule has 0 aromatic heterocycles. The van der Waals surface area contributed by atoms with Crippen LogP contribution in [0.4, 0.5) is 8.78 Å². The van der Waals surface area contributed by atoms with Gasteiger partial charge in [0.15, 0.2) is 5.72 Å². The zero-order valence-electron chi connectivity index (χ0n) is 12.6. The fourth-order valence-electron chi connectivity index (χ4n) is 2.42. The molecule has 22 heavy (non-hydrogen) atoms. The maximum atomic E-state index is 13.0. The minimum atomic E-state index is -3.49. The molecule has 2 aliphatic rings. The van der Waals surface area contributed by atoms with Crippen LogP contribution in [-0.4, -0.2) is 42.7 Å². The van der Waals surface area contributed by atoms with E-state index in [1.165, 1.54) is 7.11 Å². The molecule has 0 aromatic rings. The number of carbonyl (C=O) groups excluding carboxylic acids is 2. The number of hydrogen-bond donors (Lipinski definition) is 3. The summed E-state index contributed by atoms with van der Waals surface area (Å²) in [6, 6.07) is -1.31. The standard InChI is InChI=1S/C14H19F2N3O3/c1-13(22-3)7-8(4-5-17-13)11-9(6-10(20)19-11)18-12(21)14(2,15)16/h4-5,7,9,11,17H,6H2,1-3H3,(H,18,21)(H,19,20)/t9-,11?,13?/m0/s1. The fraction of sp³-hybridized carbons (Fsp3) is 0.571. The number of amides is 2. The monoisotopic (exact) mass is 315 g/mol. The summed E-state index contributed by atoms with van der Waals surface area (Å²) in [5, 5.41) is 7.92. The topological polar surface area (TPSA) is 79.5 Å². The van der Waals surface area contributed by atoms with Gasteiger partial charge < -0.3 is 20.7 Å². The van der Waals surface area contributed by atoms with Gasteiger partial charge in [0.05, 0.1) is 12.1 Å². The lowest BCUT2D eigenvalue weighted by atomic mass is 9.95. The highest BCUT2D eigenvalue weighted by Gasteiger charge is 2.41. The van der Waals surface area contributed by atoms with Gasteiger partial charge in [0.1, 0.15) is 0 Å². The van der Waals surface area contributed by atoms with Gasteiger partial charge in [0.2, 0.25) is 5.91 Å². The van der Waals surface area contributed by atoms with Crippen molar-refractivity contribution < 1.29 is 23.1 Å². The van der Waals surface area contributed by atoms with Gasteiger partial charge in [-0.05, 0) is 30.8 Å². The Labute approximate surface area is 127 Å². The second-order valence-corrected chi connectivity index (χ2v) is 5.65. The van der Waals surface area contributed by atoms with Crippen LogP contribution in [0.3, 0.4) is 0 Å². The average Bonchev–Trinajstić information content (AvgIpc) is 2.78. The summed E-state index contributed by atoms with van der Waals surface area (Å²) in [6.07, 6.45) is 5.05. The Morgan fingerprint density at radius 3 is 2.82 bits per heavy atom. The predicted octanol–water partition coefficient (Wildman–Crippen LogP) is 0.421. The fourth-order valence-corrected chi connectivity index (χ4v) is 2.42. The zero-order valence-corrected chi connectivity index (χ0v) is 12.6. The van der Waals surface area contributed by atoms with E-state index in [4.69, 9.17) is 4.74 Å². The lowest BCUT2D eigenvalue weighted by molar-refractivity contribution is -0.143. The minimum Gasteiger partial charge on any atom is -0.361 e. The molecule has 0 bridgehead atoms. The van der Waals surface area contributed by atoms with Crippen LogP contribution in [-0.2, 0) is 14.3 Å². The van der Waals surface area contributed by atoms with Crippen LogP contribution in [0.15, 0.2) is 23.9 Å². The van der Waals surface area contributed by atoms with Gasteiger partial charge in [-0.2, -0.15) is 8.78 Å². The number of dihydropyridines is 1. The molecule has 1 fully saturated rings. The van der Waals surface area contributed by atoms with Gasteiger partial charge in [-0.3, -0.25) is 9.59 Å². The van der Waals surface area contributed by atoms with Crippen LogP contribution >= 0.6 is 0 Å². The highest BCUT2D eigenvalue weighted by atomic mass is 19.3. The van der Waals surface area contributed by atoms with Gasteiger partial charge in [-0.1, -0.05) is 0 Å². The van der Waals surface area contributed by atoms with Crippen molar-refractivity contribution in [1.82, 2.24) is 16.0 Å². The predicted molar refractivity (Wildman–Crippen MR) is 74.9 cm³/mol. The van der Waals surface area contributed by atoms with Gasteiger partial charge in [-0.15, -0.1) is 0 Å². The maximum absolute atomic E-state index is 13.0. The molecule has 0 aliphatic carbocycles. The van der Waals surface area contributed by atoms with Crippen molar-refractivity contribution in [3.8, 4) is 0 Å². The molecule has 0 saturated carbocycles. The Hall–Kier alpha value is -1.96. The molecule has 0 spiro atoms. The third-order valence-electron chi connectivity index (χ3n) is 3.71. The van der Waals surface area contributed by atoms with E-state index < -0.39 is 29.6 Å². The number of carbonyl (C=O) groups is 2. The Morgan fingerprint density at radius 1 is 1.55 bits per heavy atom. The molecule has 3 N–H and O–H groups in total. The number of alkyl halides is 2. The molecule has 2 amide bonds. The summed E-state index contributed by atoms with van der Waals surface area (Å²) in [5.41, 5.74) is -0.0839. The van der Waals surface area contributed by atoms with Crippen molar-refractivity contribution in [2.24, 2.45) is 0 Å². The first-order valence-electron chi connectivity index (χ1n) is 6.85. The van der Waals surface area contributed by atoms with Crippen molar-refractivity contribution in [3.05, 3.63) is 23.9 Å². The molecule has 2 aliphatic heterocycles. The number of methoxy groups -OCH3 is 1. The second kappa shape index (κ2) is 5.68. The summed E-state index contributed by atoms with van der Waals surface area (Å²) in [4.78, 5) is 23.1. The first-order chi connectivity index (χ1) is 10.1. The lowest BCUT2D eigenvalue weighted by Gasteiger charge is -2.32. The van der Waals surface area contributed by atoms with Crippen molar-refractivity contribution >= 4 is 11.8 Å². The first-order valence-corrected chi connectivity index (χ1v) is 6.85.